The Hall–Kier alpha value is -1.73. The number of benzene rings is 1. The van der Waals surface area contributed by atoms with Gasteiger partial charge in [0.05, 0.1) is 4.90 Å². The maximum Gasteiger partial charge on any atom is 0.243 e. The van der Waals surface area contributed by atoms with Gasteiger partial charge in [-0.15, -0.1) is 0 Å². The molecule has 1 saturated heterocycles. The van der Waals surface area contributed by atoms with E-state index < -0.39 is 15.8 Å². The normalized spacial score (nSPS) is 19.9. The van der Waals surface area contributed by atoms with Gasteiger partial charge in [-0.1, -0.05) is 12.5 Å². The number of hydrogen-bond donors (Lipinski definition) is 0. The molecular formula is C20H26FN3O2S. The summed E-state index contributed by atoms with van der Waals surface area (Å²) in [5.41, 5.74) is 1.19. The molecule has 146 valence electrons. The van der Waals surface area contributed by atoms with E-state index in [1.54, 1.807) is 0 Å². The zero-order valence-electron chi connectivity index (χ0n) is 15.6. The Labute approximate surface area is 160 Å². The van der Waals surface area contributed by atoms with E-state index in [-0.39, 0.29) is 4.90 Å². The predicted molar refractivity (Wildman–Crippen MR) is 101 cm³/mol. The molecule has 2 aliphatic rings. The van der Waals surface area contributed by atoms with Gasteiger partial charge in [0, 0.05) is 37.4 Å². The standard InChI is InChI=1S/C20H26FN3O2S/c1-15-13-22-20(17-4-2-5-17)24(15)14-16-8-10-23(11-9-16)27(25,26)19-7-3-6-18(21)12-19/h3,6-7,12-13,16-17H,2,4-5,8-11,14H2,1H3. The molecule has 0 unspecified atom stereocenters. The van der Waals surface area contributed by atoms with Crippen molar-refractivity contribution in [2.45, 2.75) is 56.4 Å². The van der Waals surface area contributed by atoms with Crippen molar-refractivity contribution in [3.63, 3.8) is 0 Å². The lowest BCUT2D eigenvalue weighted by molar-refractivity contribution is 0.246. The fraction of sp³-hybridized carbons (Fsp3) is 0.550. The molecule has 0 atom stereocenters. The van der Waals surface area contributed by atoms with Gasteiger partial charge in [-0.25, -0.2) is 17.8 Å². The topological polar surface area (TPSA) is 55.2 Å². The fourth-order valence-electron chi connectivity index (χ4n) is 4.08. The van der Waals surface area contributed by atoms with Crippen molar-refractivity contribution in [1.29, 1.82) is 0 Å². The van der Waals surface area contributed by atoms with Gasteiger partial charge in [0.1, 0.15) is 11.6 Å². The summed E-state index contributed by atoms with van der Waals surface area (Å²) in [7, 11) is -3.62. The van der Waals surface area contributed by atoms with Crippen LogP contribution < -0.4 is 0 Å². The van der Waals surface area contributed by atoms with Crippen molar-refractivity contribution >= 4 is 10.0 Å². The second kappa shape index (κ2) is 7.36. The molecule has 0 spiro atoms. The predicted octanol–water partition coefficient (Wildman–Crippen LogP) is 3.70. The number of imidazole rings is 1. The highest BCUT2D eigenvalue weighted by molar-refractivity contribution is 7.89. The summed E-state index contributed by atoms with van der Waals surface area (Å²) >= 11 is 0. The summed E-state index contributed by atoms with van der Waals surface area (Å²) in [5.74, 6) is 1.71. The molecule has 2 heterocycles. The first-order valence-corrected chi connectivity index (χ1v) is 11.2. The summed E-state index contributed by atoms with van der Waals surface area (Å²) in [5, 5.41) is 0. The van der Waals surface area contributed by atoms with Crippen molar-refractivity contribution in [3.8, 4) is 0 Å². The molecule has 1 aliphatic carbocycles. The van der Waals surface area contributed by atoms with Gasteiger partial charge < -0.3 is 4.57 Å². The van der Waals surface area contributed by atoms with Crippen LogP contribution in [0.5, 0.6) is 0 Å². The van der Waals surface area contributed by atoms with Gasteiger partial charge >= 0.3 is 0 Å². The Morgan fingerprint density at radius 3 is 2.56 bits per heavy atom. The third-order valence-corrected chi connectivity index (χ3v) is 7.90. The first-order valence-electron chi connectivity index (χ1n) is 9.73. The molecule has 1 aromatic heterocycles. The molecule has 2 aromatic rings. The minimum Gasteiger partial charge on any atom is -0.332 e. The molecule has 0 amide bonds. The molecule has 27 heavy (non-hydrogen) atoms. The van der Waals surface area contributed by atoms with Crippen molar-refractivity contribution in [2.24, 2.45) is 5.92 Å². The number of aromatic nitrogens is 2. The van der Waals surface area contributed by atoms with Crippen molar-refractivity contribution in [1.82, 2.24) is 13.9 Å². The second-order valence-electron chi connectivity index (χ2n) is 7.80. The average molecular weight is 392 g/mol. The number of rotatable bonds is 5. The monoisotopic (exact) mass is 391 g/mol. The van der Waals surface area contributed by atoms with Gasteiger partial charge in [0.25, 0.3) is 0 Å². The van der Waals surface area contributed by atoms with Gasteiger partial charge in [-0.3, -0.25) is 0 Å². The van der Waals surface area contributed by atoms with Gasteiger partial charge in [0.15, 0.2) is 0 Å². The Kier molecular flexibility index (Phi) is 5.07. The fourth-order valence-corrected chi connectivity index (χ4v) is 5.58. The Morgan fingerprint density at radius 1 is 1.19 bits per heavy atom. The third-order valence-electron chi connectivity index (χ3n) is 6.00. The second-order valence-corrected chi connectivity index (χ2v) is 9.74. The van der Waals surface area contributed by atoms with E-state index in [1.165, 1.54) is 53.3 Å². The Balaban J connectivity index is 1.42. The van der Waals surface area contributed by atoms with Gasteiger partial charge in [-0.05, 0) is 56.7 Å². The number of hydrogen-bond acceptors (Lipinski definition) is 3. The lowest BCUT2D eigenvalue weighted by atomic mass is 9.84. The van der Waals surface area contributed by atoms with E-state index in [9.17, 15) is 12.8 Å². The van der Waals surface area contributed by atoms with E-state index in [1.807, 2.05) is 6.20 Å². The molecule has 1 aromatic carbocycles. The molecule has 0 bridgehead atoms. The molecular weight excluding hydrogens is 365 g/mol. The molecule has 1 aliphatic heterocycles. The molecule has 2 fully saturated rings. The van der Waals surface area contributed by atoms with Crippen LogP contribution in [0.4, 0.5) is 4.39 Å². The van der Waals surface area contributed by atoms with Crippen molar-refractivity contribution < 1.29 is 12.8 Å². The van der Waals surface area contributed by atoms with E-state index in [0.29, 0.717) is 24.9 Å². The minimum atomic E-state index is -3.62. The molecule has 7 heteroatoms. The average Bonchev–Trinajstić information content (AvgIpc) is 2.95. The van der Waals surface area contributed by atoms with Crippen LogP contribution in [0.25, 0.3) is 0 Å². The largest absolute Gasteiger partial charge is 0.332 e. The van der Waals surface area contributed by atoms with E-state index >= 15 is 0 Å². The molecule has 0 radical (unpaired) electrons. The lowest BCUT2D eigenvalue weighted by Gasteiger charge is -2.33. The van der Waals surface area contributed by atoms with Gasteiger partial charge in [0.2, 0.25) is 10.0 Å². The highest BCUT2D eigenvalue weighted by Crippen LogP contribution is 2.36. The molecule has 5 nitrogen and oxygen atoms in total. The number of piperidine rings is 1. The number of aryl methyl sites for hydroxylation is 1. The van der Waals surface area contributed by atoms with Crippen LogP contribution in [0, 0.1) is 18.7 Å². The first kappa shape index (κ1) is 18.6. The zero-order valence-corrected chi connectivity index (χ0v) is 16.5. The third kappa shape index (κ3) is 3.67. The quantitative estimate of drug-likeness (QED) is 0.781. The van der Waals surface area contributed by atoms with Crippen LogP contribution in [-0.4, -0.2) is 35.4 Å². The number of nitrogens with zero attached hydrogens (tertiary/aromatic N) is 3. The maximum atomic E-state index is 13.4. The van der Waals surface area contributed by atoms with Crippen molar-refractivity contribution in [2.75, 3.05) is 13.1 Å². The van der Waals surface area contributed by atoms with Crippen LogP contribution in [0.2, 0.25) is 0 Å². The van der Waals surface area contributed by atoms with Crippen LogP contribution in [0.1, 0.15) is 49.5 Å². The SMILES string of the molecule is Cc1cnc(C2CCC2)n1CC1CCN(S(=O)(=O)c2cccc(F)c2)CC1. The highest BCUT2D eigenvalue weighted by atomic mass is 32.2. The summed E-state index contributed by atoms with van der Waals surface area (Å²) in [4.78, 5) is 4.67. The van der Waals surface area contributed by atoms with Crippen LogP contribution in [-0.2, 0) is 16.6 Å². The minimum absolute atomic E-state index is 0.0404. The molecule has 1 saturated carbocycles. The highest BCUT2D eigenvalue weighted by Gasteiger charge is 2.31. The maximum absolute atomic E-state index is 13.4. The number of halogens is 1. The Bertz CT molecular complexity index is 913. The van der Waals surface area contributed by atoms with E-state index in [0.717, 1.165) is 25.5 Å². The smallest absolute Gasteiger partial charge is 0.243 e. The molecule has 4 rings (SSSR count). The summed E-state index contributed by atoms with van der Waals surface area (Å²) in [6.07, 6.45) is 7.32. The summed E-state index contributed by atoms with van der Waals surface area (Å²) in [6, 6.07) is 5.27. The Morgan fingerprint density at radius 2 is 1.93 bits per heavy atom. The van der Waals surface area contributed by atoms with E-state index in [4.69, 9.17) is 0 Å². The molecule has 0 N–H and O–H groups in total. The summed E-state index contributed by atoms with van der Waals surface area (Å²) in [6.45, 7) is 3.97. The van der Waals surface area contributed by atoms with Crippen LogP contribution in [0.15, 0.2) is 35.4 Å². The van der Waals surface area contributed by atoms with Crippen LogP contribution >= 0.6 is 0 Å². The van der Waals surface area contributed by atoms with E-state index in [2.05, 4.69) is 16.5 Å². The first-order chi connectivity index (χ1) is 12.9. The van der Waals surface area contributed by atoms with Crippen LogP contribution in [0.3, 0.4) is 0 Å². The number of sulfonamides is 1. The van der Waals surface area contributed by atoms with Gasteiger partial charge in [-0.2, -0.15) is 4.31 Å². The summed E-state index contributed by atoms with van der Waals surface area (Å²) < 4.78 is 42.8. The zero-order chi connectivity index (χ0) is 19.0. The van der Waals surface area contributed by atoms with Crippen molar-refractivity contribution in [3.05, 3.63) is 47.8 Å². The lowest BCUT2D eigenvalue weighted by Crippen LogP contribution is -2.39.